The second-order valence-electron chi connectivity index (χ2n) is 8.09. The van der Waals surface area contributed by atoms with Gasteiger partial charge in [0, 0.05) is 23.9 Å². The average molecular weight is 404 g/mol. The molecule has 1 aliphatic carbocycles. The molecule has 30 heavy (non-hydrogen) atoms. The summed E-state index contributed by atoms with van der Waals surface area (Å²) in [5.74, 6) is -0.555. The van der Waals surface area contributed by atoms with Crippen molar-refractivity contribution in [3.05, 3.63) is 70.3 Å². The number of rotatable bonds is 6. The molecule has 0 atom stereocenters. The van der Waals surface area contributed by atoms with Crippen LogP contribution in [0.25, 0.3) is 16.7 Å². The molecule has 0 saturated carbocycles. The molecule has 2 amide bonds. The highest BCUT2D eigenvalue weighted by molar-refractivity contribution is 6.02. The zero-order valence-corrected chi connectivity index (χ0v) is 18.3. The summed E-state index contributed by atoms with van der Waals surface area (Å²) in [4.78, 5) is 26.2. The van der Waals surface area contributed by atoms with E-state index in [0.717, 1.165) is 39.9 Å². The smallest absolute Gasteiger partial charge is 0.249 e. The van der Waals surface area contributed by atoms with Gasteiger partial charge in [0.2, 0.25) is 11.8 Å². The van der Waals surface area contributed by atoms with Crippen molar-refractivity contribution in [2.45, 2.75) is 27.2 Å². The van der Waals surface area contributed by atoms with Gasteiger partial charge in [-0.2, -0.15) is 0 Å². The lowest BCUT2D eigenvalue weighted by Gasteiger charge is -2.17. The third-order valence-corrected chi connectivity index (χ3v) is 5.66. The Kier molecular flexibility index (Phi) is 6.22. The van der Waals surface area contributed by atoms with Gasteiger partial charge in [-0.25, -0.2) is 0 Å². The molecule has 0 spiro atoms. The third-order valence-electron chi connectivity index (χ3n) is 5.66. The molecule has 3 N–H and O–H groups in total. The monoisotopic (exact) mass is 403 g/mol. The van der Waals surface area contributed by atoms with Crippen molar-refractivity contribution < 1.29 is 9.59 Å². The van der Waals surface area contributed by atoms with Crippen LogP contribution in [0.15, 0.2) is 48.1 Å². The first-order chi connectivity index (χ1) is 14.2. The summed E-state index contributed by atoms with van der Waals surface area (Å²) in [6, 6.07) is 9.68. The fourth-order valence-electron chi connectivity index (χ4n) is 3.93. The average Bonchev–Trinajstić information content (AvgIpc) is 2.97. The number of fused-ring (bicyclic) bond motifs is 1. The highest BCUT2D eigenvalue weighted by Crippen LogP contribution is 2.42. The molecule has 0 aliphatic heterocycles. The molecular formula is C25H29N3O2. The molecule has 0 fully saturated rings. The summed E-state index contributed by atoms with van der Waals surface area (Å²) in [5.41, 5.74) is 14.6. The van der Waals surface area contributed by atoms with Gasteiger partial charge >= 0.3 is 0 Å². The Morgan fingerprint density at radius 1 is 1.10 bits per heavy atom. The molecular weight excluding hydrogens is 374 g/mol. The highest BCUT2D eigenvalue weighted by Gasteiger charge is 2.25. The van der Waals surface area contributed by atoms with Crippen LogP contribution in [-0.4, -0.2) is 37.4 Å². The van der Waals surface area contributed by atoms with Crippen molar-refractivity contribution in [3.63, 3.8) is 0 Å². The minimum Gasteiger partial charge on any atom is -0.366 e. The Morgan fingerprint density at radius 3 is 2.50 bits per heavy atom. The Bertz CT molecular complexity index is 1080. The number of nitrogens with zero attached hydrogens (tertiary/aromatic N) is 1. The molecule has 0 aromatic heterocycles. The standard InChI is InChI=1S/C25H29N3O2/c1-15-14-21-20(25(26)30)12-11-19(24(21)16(15)2)18-8-6-9-22(17(18)3)27-23(29)10-7-13-28(4)5/h6-12H,13-14H2,1-5H3,(H2,26,30)(H,27,29)/b10-7+. The van der Waals surface area contributed by atoms with E-state index in [-0.39, 0.29) is 5.91 Å². The van der Waals surface area contributed by atoms with Crippen LogP contribution < -0.4 is 11.1 Å². The fourth-order valence-corrected chi connectivity index (χ4v) is 3.93. The van der Waals surface area contributed by atoms with Crippen LogP contribution in [-0.2, 0) is 11.2 Å². The number of anilines is 1. The van der Waals surface area contributed by atoms with E-state index < -0.39 is 5.91 Å². The molecule has 0 bridgehead atoms. The molecule has 0 radical (unpaired) electrons. The SMILES string of the molecule is CC1=C(C)c2c(-c3cccc(NC(=O)/C=C/CN(C)C)c3C)ccc(C(N)=O)c2C1. The third kappa shape index (κ3) is 4.21. The number of primary amides is 1. The van der Waals surface area contributed by atoms with Crippen molar-refractivity contribution >= 4 is 23.1 Å². The molecule has 0 heterocycles. The number of amides is 2. The Hall–Kier alpha value is -3.18. The second kappa shape index (κ2) is 8.67. The number of carbonyl (C=O) groups is 2. The van der Waals surface area contributed by atoms with E-state index in [2.05, 4.69) is 19.2 Å². The van der Waals surface area contributed by atoms with Gasteiger partial charge in [-0.1, -0.05) is 29.8 Å². The first kappa shape index (κ1) is 21.5. The first-order valence-corrected chi connectivity index (χ1v) is 10.0. The summed E-state index contributed by atoms with van der Waals surface area (Å²) in [5, 5.41) is 2.98. The lowest BCUT2D eigenvalue weighted by Crippen LogP contribution is -2.14. The molecule has 1 aliphatic rings. The number of carbonyl (C=O) groups excluding carboxylic acids is 2. The van der Waals surface area contributed by atoms with Gasteiger partial charge in [0.25, 0.3) is 0 Å². The van der Waals surface area contributed by atoms with Crippen molar-refractivity contribution in [2.24, 2.45) is 5.73 Å². The van der Waals surface area contributed by atoms with E-state index in [1.165, 1.54) is 11.1 Å². The number of hydrogen-bond donors (Lipinski definition) is 2. The Morgan fingerprint density at radius 2 is 1.83 bits per heavy atom. The minimum absolute atomic E-state index is 0.154. The van der Waals surface area contributed by atoms with Crippen LogP contribution in [0.3, 0.4) is 0 Å². The van der Waals surface area contributed by atoms with Gasteiger partial charge in [0.1, 0.15) is 0 Å². The van der Waals surface area contributed by atoms with E-state index in [0.29, 0.717) is 12.1 Å². The molecule has 2 aromatic rings. The van der Waals surface area contributed by atoms with E-state index in [9.17, 15) is 9.59 Å². The molecule has 3 rings (SSSR count). The predicted octanol–water partition coefficient (Wildman–Crippen LogP) is 4.17. The fraction of sp³-hybridized carbons (Fsp3) is 0.280. The van der Waals surface area contributed by atoms with E-state index in [4.69, 9.17) is 5.73 Å². The van der Waals surface area contributed by atoms with Crippen LogP contribution in [0.5, 0.6) is 0 Å². The zero-order valence-electron chi connectivity index (χ0n) is 18.3. The van der Waals surface area contributed by atoms with Crippen LogP contribution >= 0.6 is 0 Å². The highest BCUT2D eigenvalue weighted by atomic mass is 16.1. The normalized spacial score (nSPS) is 13.3. The van der Waals surface area contributed by atoms with Crippen LogP contribution in [0, 0.1) is 6.92 Å². The summed E-state index contributed by atoms with van der Waals surface area (Å²) in [7, 11) is 3.91. The molecule has 0 saturated heterocycles. The molecule has 0 unspecified atom stereocenters. The van der Waals surface area contributed by atoms with Crippen molar-refractivity contribution in [2.75, 3.05) is 26.0 Å². The zero-order chi connectivity index (χ0) is 22.0. The maximum Gasteiger partial charge on any atom is 0.249 e. The van der Waals surface area contributed by atoms with Gasteiger partial charge < -0.3 is 16.0 Å². The summed E-state index contributed by atoms with van der Waals surface area (Å²) in [6.45, 7) is 6.89. The van der Waals surface area contributed by atoms with Crippen molar-refractivity contribution in [1.82, 2.24) is 4.90 Å². The number of likely N-dealkylation sites (N-methyl/N-ethyl adjacent to an activating group) is 1. The van der Waals surface area contributed by atoms with Crippen LogP contribution in [0.4, 0.5) is 5.69 Å². The Balaban J connectivity index is 2.02. The number of allylic oxidation sites excluding steroid dienone is 2. The quantitative estimate of drug-likeness (QED) is 0.711. The van der Waals surface area contributed by atoms with Crippen LogP contribution in [0.1, 0.15) is 40.9 Å². The molecule has 5 nitrogen and oxygen atoms in total. The lowest BCUT2D eigenvalue weighted by molar-refractivity contribution is -0.111. The molecule has 5 heteroatoms. The maximum atomic E-state index is 12.3. The van der Waals surface area contributed by atoms with E-state index in [1.54, 1.807) is 6.08 Å². The number of hydrogen-bond acceptors (Lipinski definition) is 3. The predicted molar refractivity (Wildman–Crippen MR) is 123 cm³/mol. The number of nitrogens with one attached hydrogen (secondary N) is 1. The van der Waals surface area contributed by atoms with Gasteiger partial charge in [-0.05, 0) is 86.8 Å². The van der Waals surface area contributed by atoms with E-state index in [1.807, 2.05) is 62.3 Å². The maximum absolute atomic E-state index is 12.3. The summed E-state index contributed by atoms with van der Waals surface area (Å²) >= 11 is 0. The minimum atomic E-state index is -0.400. The topological polar surface area (TPSA) is 75.4 Å². The van der Waals surface area contributed by atoms with Gasteiger partial charge in [0.15, 0.2) is 0 Å². The van der Waals surface area contributed by atoms with Gasteiger partial charge in [0.05, 0.1) is 0 Å². The number of benzene rings is 2. The number of nitrogens with two attached hydrogens (primary N) is 1. The largest absolute Gasteiger partial charge is 0.366 e. The molecule has 156 valence electrons. The summed E-state index contributed by atoms with van der Waals surface area (Å²) in [6.07, 6.45) is 4.13. The van der Waals surface area contributed by atoms with Crippen LogP contribution in [0.2, 0.25) is 0 Å². The first-order valence-electron chi connectivity index (χ1n) is 10.0. The van der Waals surface area contributed by atoms with Crippen molar-refractivity contribution in [1.29, 1.82) is 0 Å². The van der Waals surface area contributed by atoms with Crippen molar-refractivity contribution in [3.8, 4) is 11.1 Å². The molecule has 2 aromatic carbocycles. The van der Waals surface area contributed by atoms with Gasteiger partial charge in [-0.15, -0.1) is 0 Å². The lowest BCUT2D eigenvalue weighted by atomic mass is 9.89. The van der Waals surface area contributed by atoms with Gasteiger partial charge in [-0.3, -0.25) is 9.59 Å². The second-order valence-corrected chi connectivity index (χ2v) is 8.09. The summed E-state index contributed by atoms with van der Waals surface area (Å²) < 4.78 is 0. The Labute approximate surface area is 178 Å². The van der Waals surface area contributed by atoms with E-state index >= 15 is 0 Å².